The lowest BCUT2D eigenvalue weighted by atomic mass is 9.64. The van der Waals surface area contributed by atoms with E-state index in [2.05, 4.69) is 0 Å². The topological polar surface area (TPSA) is 44.8 Å². The maximum absolute atomic E-state index is 12.2. The van der Waals surface area contributed by atoms with Crippen LogP contribution in [0.5, 0.6) is 11.5 Å². The van der Waals surface area contributed by atoms with Gasteiger partial charge in [0.15, 0.2) is 11.5 Å². The van der Waals surface area contributed by atoms with Crippen molar-refractivity contribution in [2.24, 2.45) is 0 Å². The molecule has 1 aliphatic heterocycles. The minimum Gasteiger partial charge on any atom is -0.465 e. The van der Waals surface area contributed by atoms with Crippen LogP contribution in [0.1, 0.15) is 31.7 Å². The predicted molar refractivity (Wildman–Crippen MR) is 64.7 cm³/mol. The van der Waals surface area contributed by atoms with Gasteiger partial charge in [-0.1, -0.05) is 12.5 Å². The van der Waals surface area contributed by atoms with Crippen molar-refractivity contribution in [1.29, 1.82) is 0 Å². The maximum atomic E-state index is 12.2. The lowest BCUT2D eigenvalue weighted by Gasteiger charge is -2.39. The Morgan fingerprint density at radius 1 is 1.33 bits per heavy atom. The maximum Gasteiger partial charge on any atom is 0.316 e. The molecule has 1 aliphatic carbocycles. The minimum absolute atomic E-state index is 0.116. The third kappa shape index (κ3) is 1.55. The van der Waals surface area contributed by atoms with E-state index in [1.807, 2.05) is 25.1 Å². The van der Waals surface area contributed by atoms with Gasteiger partial charge in [0.05, 0.1) is 12.0 Å². The number of benzene rings is 1. The van der Waals surface area contributed by atoms with Gasteiger partial charge in [0.2, 0.25) is 6.79 Å². The van der Waals surface area contributed by atoms with E-state index in [4.69, 9.17) is 14.2 Å². The number of rotatable bonds is 3. The zero-order valence-electron chi connectivity index (χ0n) is 10.4. The van der Waals surface area contributed by atoms with Crippen LogP contribution in [0.4, 0.5) is 0 Å². The summed E-state index contributed by atoms with van der Waals surface area (Å²) >= 11 is 0. The average molecular weight is 248 g/mol. The van der Waals surface area contributed by atoms with E-state index in [0.29, 0.717) is 6.61 Å². The summed E-state index contributed by atoms with van der Waals surface area (Å²) in [5.41, 5.74) is 0.522. The van der Waals surface area contributed by atoms with Crippen LogP contribution in [0.2, 0.25) is 0 Å². The first kappa shape index (κ1) is 11.4. The molecular weight excluding hydrogens is 232 g/mol. The van der Waals surface area contributed by atoms with Crippen molar-refractivity contribution in [3.63, 3.8) is 0 Å². The highest BCUT2D eigenvalue weighted by Gasteiger charge is 2.47. The molecule has 0 radical (unpaired) electrons. The van der Waals surface area contributed by atoms with Gasteiger partial charge in [-0.2, -0.15) is 0 Å². The molecule has 1 fully saturated rings. The first-order chi connectivity index (χ1) is 8.76. The third-order valence-corrected chi connectivity index (χ3v) is 3.80. The molecule has 4 heteroatoms. The van der Waals surface area contributed by atoms with Crippen LogP contribution in [0.25, 0.3) is 0 Å². The monoisotopic (exact) mass is 248 g/mol. The molecule has 0 aromatic heterocycles. The van der Waals surface area contributed by atoms with E-state index in [1.165, 1.54) is 0 Å². The van der Waals surface area contributed by atoms with Gasteiger partial charge < -0.3 is 14.2 Å². The molecule has 0 atom stereocenters. The Balaban J connectivity index is 1.94. The molecule has 1 aromatic rings. The number of ether oxygens (including phenoxy) is 3. The minimum atomic E-state index is -0.461. The molecule has 0 N–H and O–H groups in total. The van der Waals surface area contributed by atoms with Gasteiger partial charge in [-0.25, -0.2) is 0 Å². The molecule has 18 heavy (non-hydrogen) atoms. The Morgan fingerprint density at radius 3 is 2.78 bits per heavy atom. The average Bonchev–Trinajstić information content (AvgIpc) is 2.75. The standard InChI is InChI=1S/C14H16O4/c1-2-16-13(15)14(6-3-7-14)10-4-5-11-12(8-10)18-9-17-11/h4-5,8H,2-3,6-7,9H2,1H3. The van der Waals surface area contributed by atoms with Crippen molar-refractivity contribution in [1.82, 2.24) is 0 Å². The van der Waals surface area contributed by atoms with Gasteiger partial charge in [-0.3, -0.25) is 4.79 Å². The van der Waals surface area contributed by atoms with Crippen LogP contribution in [-0.4, -0.2) is 19.4 Å². The Bertz CT molecular complexity index is 477. The van der Waals surface area contributed by atoms with E-state index in [0.717, 1.165) is 36.3 Å². The number of hydrogen-bond donors (Lipinski definition) is 0. The number of carbonyl (C=O) groups excluding carboxylic acids is 1. The summed E-state index contributed by atoms with van der Waals surface area (Å²) in [5.74, 6) is 1.36. The Hall–Kier alpha value is -1.71. The zero-order valence-corrected chi connectivity index (χ0v) is 10.4. The molecule has 0 amide bonds. The summed E-state index contributed by atoms with van der Waals surface area (Å²) in [6.45, 7) is 2.51. The van der Waals surface area contributed by atoms with Gasteiger partial charge in [0, 0.05) is 0 Å². The van der Waals surface area contributed by atoms with Crippen LogP contribution < -0.4 is 9.47 Å². The molecule has 96 valence electrons. The fourth-order valence-corrected chi connectivity index (χ4v) is 2.60. The lowest BCUT2D eigenvalue weighted by Crippen LogP contribution is -2.43. The smallest absolute Gasteiger partial charge is 0.316 e. The first-order valence-electron chi connectivity index (χ1n) is 6.33. The molecule has 3 rings (SSSR count). The quantitative estimate of drug-likeness (QED) is 0.770. The highest BCUT2D eigenvalue weighted by atomic mass is 16.7. The Labute approximate surface area is 106 Å². The van der Waals surface area contributed by atoms with Crippen LogP contribution in [0, 0.1) is 0 Å². The van der Waals surface area contributed by atoms with Crippen LogP contribution in [0.3, 0.4) is 0 Å². The summed E-state index contributed by atoms with van der Waals surface area (Å²) in [6, 6.07) is 5.74. The molecule has 1 heterocycles. The van der Waals surface area contributed by atoms with Gasteiger partial charge in [0.1, 0.15) is 0 Å². The fourth-order valence-electron chi connectivity index (χ4n) is 2.60. The molecule has 4 nitrogen and oxygen atoms in total. The summed E-state index contributed by atoms with van der Waals surface area (Å²) < 4.78 is 15.9. The van der Waals surface area contributed by atoms with E-state index in [-0.39, 0.29) is 12.8 Å². The molecule has 0 saturated heterocycles. The van der Waals surface area contributed by atoms with E-state index < -0.39 is 5.41 Å². The van der Waals surface area contributed by atoms with Crippen LogP contribution in [0.15, 0.2) is 18.2 Å². The summed E-state index contributed by atoms with van der Waals surface area (Å²) in [6.07, 6.45) is 2.77. The molecular formula is C14H16O4. The third-order valence-electron chi connectivity index (χ3n) is 3.80. The molecule has 1 saturated carbocycles. The first-order valence-corrected chi connectivity index (χ1v) is 6.33. The number of carbonyl (C=O) groups is 1. The van der Waals surface area contributed by atoms with Crippen molar-refractivity contribution in [3.05, 3.63) is 23.8 Å². The Morgan fingerprint density at radius 2 is 2.11 bits per heavy atom. The van der Waals surface area contributed by atoms with E-state index >= 15 is 0 Å². The fraction of sp³-hybridized carbons (Fsp3) is 0.500. The molecule has 0 bridgehead atoms. The second-order valence-corrected chi connectivity index (χ2v) is 4.72. The second-order valence-electron chi connectivity index (χ2n) is 4.72. The van der Waals surface area contributed by atoms with Gasteiger partial charge in [0.25, 0.3) is 0 Å². The Kier molecular flexibility index (Phi) is 2.65. The van der Waals surface area contributed by atoms with E-state index in [9.17, 15) is 4.79 Å². The lowest BCUT2D eigenvalue weighted by molar-refractivity contribution is -0.153. The van der Waals surface area contributed by atoms with Gasteiger partial charge in [-0.05, 0) is 37.5 Å². The molecule has 0 spiro atoms. The summed E-state index contributed by atoms with van der Waals surface area (Å²) in [7, 11) is 0. The molecule has 2 aliphatic rings. The normalized spacial score (nSPS) is 19.2. The molecule has 1 aromatic carbocycles. The van der Waals surface area contributed by atoms with Crippen LogP contribution in [-0.2, 0) is 14.9 Å². The summed E-state index contributed by atoms with van der Waals surface area (Å²) in [5, 5.41) is 0. The number of fused-ring (bicyclic) bond motifs is 1. The van der Waals surface area contributed by atoms with Crippen molar-refractivity contribution in [2.75, 3.05) is 13.4 Å². The molecule has 0 unspecified atom stereocenters. The van der Waals surface area contributed by atoms with Crippen LogP contribution >= 0.6 is 0 Å². The van der Waals surface area contributed by atoms with E-state index in [1.54, 1.807) is 0 Å². The highest BCUT2D eigenvalue weighted by Crippen LogP contribution is 2.47. The zero-order chi connectivity index (χ0) is 12.6. The largest absolute Gasteiger partial charge is 0.465 e. The van der Waals surface area contributed by atoms with Crippen molar-refractivity contribution < 1.29 is 19.0 Å². The summed E-state index contributed by atoms with van der Waals surface area (Å²) in [4.78, 5) is 12.2. The van der Waals surface area contributed by atoms with Crippen molar-refractivity contribution in [2.45, 2.75) is 31.6 Å². The van der Waals surface area contributed by atoms with Gasteiger partial charge >= 0.3 is 5.97 Å². The highest BCUT2D eigenvalue weighted by molar-refractivity contribution is 5.84. The predicted octanol–water partition coefficient (Wildman–Crippen LogP) is 2.40. The van der Waals surface area contributed by atoms with Gasteiger partial charge in [-0.15, -0.1) is 0 Å². The number of hydrogen-bond acceptors (Lipinski definition) is 4. The van der Waals surface area contributed by atoms with Crippen molar-refractivity contribution >= 4 is 5.97 Å². The second kappa shape index (κ2) is 4.19. The number of esters is 1. The van der Waals surface area contributed by atoms with Crippen molar-refractivity contribution in [3.8, 4) is 11.5 Å². The SMILES string of the molecule is CCOC(=O)C1(c2ccc3c(c2)OCO3)CCC1.